The van der Waals surface area contributed by atoms with Gasteiger partial charge in [-0.25, -0.2) is 4.79 Å². The Kier molecular flexibility index (Phi) is 6.90. The number of esters is 1. The van der Waals surface area contributed by atoms with Crippen LogP contribution >= 0.6 is 58.0 Å². The fourth-order valence-electron chi connectivity index (χ4n) is 1.80. The van der Waals surface area contributed by atoms with Gasteiger partial charge in [0.25, 0.3) is 0 Å². The second-order valence-electron chi connectivity index (χ2n) is 4.66. The largest absolute Gasteiger partial charge is 0.479 e. The van der Waals surface area contributed by atoms with Crippen molar-refractivity contribution in [2.45, 2.75) is 13.3 Å². The molecule has 0 aliphatic rings. The molecule has 0 saturated carbocycles. The van der Waals surface area contributed by atoms with Crippen molar-refractivity contribution in [2.75, 3.05) is 6.61 Å². The van der Waals surface area contributed by atoms with Gasteiger partial charge in [0, 0.05) is 0 Å². The summed E-state index contributed by atoms with van der Waals surface area (Å²) >= 11 is 29.8. The van der Waals surface area contributed by atoms with Crippen LogP contribution in [0.4, 0.5) is 0 Å². The van der Waals surface area contributed by atoms with Crippen molar-refractivity contribution in [1.29, 1.82) is 0 Å². The molecule has 0 aromatic heterocycles. The van der Waals surface area contributed by atoms with E-state index in [1.54, 1.807) is 12.1 Å². The van der Waals surface area contributed by atoms with Gasteiger partial charge in [-0.15, -0.1) is 0 Å². The Labute approximate surface area is 164 Å². The lowest BCUT2D eigenvalue weighted by Gasteiger charge is -2.13. The summed E-state index contributed by atoms with van der Waals surface area (Å²) in [6.45, 7) is 1.61. The van der Waals surface area contributed by atoms with Crippen molar-refractivity contribution in [2.24, 2.45) is 0 Å². The van der Waals surface area contributed by atoms with Crippen LogP contribution < -0.4 is 9.47 Å². The van der Waals surface area contributed by atoms with Crippen LogP contribution in [0.1, 0.15) is 12.5 Å². The maximum atomic E-state index is 11.9. The number of hydrogen-bond donors (Lipinski definition) is 0. The minimum atomic E-state index is -0.631. The van der Waals surface area contributed by atoms with Gasteiger partial charge in [0.05, 0.1) is 15.1 Å². The van der Waals surface area contributed by atoms with Crippen molar-refractivity contribution in [3.63, 3.8) is 0 Å². The molecule has 2 aromatic carbocycles. The summed E-state index contributed by atoms with van der Waals surface area (Å²) in [7, 11) is 0. The molecule has 2 rings (SSSR count). The lowest BCUT2D eigenvalue weighted by molar-refractivity contribution is -0.136. The number of ether oxygens (including phenoxy) is 2. The van der Waals surface area contributed by atoms with Crippen LogP contribution in [-0.2, 0) is 11.2 Å². The highest BCUT2D eigenvalue weighted by Crippen LogP contribution is 2.48. The maximum absolute atomic E-state index is 11.9. The second-order valence-corrected chi connectivity index (χ2v) is 6.55. The van der Waals surface area contributed by atoms with Crippen molar-refractivity contribution in [3.8, 4) is 11.5 Å². The monoisotopic (exact) mass is 426 g/mol. The number of carbonyl (C=O) groups excluding carboxylic acids is 1. The van der Waals surface area contributed by atoms with Crippen LogP contribution in [-0.4, -0.2) is 12.6 Å². The van der Waals surface area contributed by atoms with E-state index in [1.165, 1.54) is 0 Å². The Morgan fingerprint density at radius 2 is 1.38 bits per heavy atom. The smallest absolute Gasteiger partial charge is 0.349 e. The van der Waals surface area contributed by atoms with Gasteiger partial charge in [0.15, 0.2) is 12.4 Å². The van der Waals surface area contributed by atoms with Crippen LogP contribution in [0.15, 0.2) is 24.3 Å². The number of carbonyl (C=O) groups is 1. The van der Waals surface area contributed by atoms with Crippen LogP contribution in [0.3, 0.4) is 0 Å². The number of hydrogen-bond acceptors (Lipinski definition) is 3. The Bertz CT molecular complexity index is 730. The molecule has 0 unspecified atom stereocenters. The highest BCUT2D eigenvalue weighted by Gasteiger charge is 2.21. The average molecular weight is 429 g/mol. The van der Waals surface area contributed by atoms with Gasteiger partial charge in [-0.3, -0.25) is 0 Å². The van der Waals surface area contributed by atoms with Crippen molar-refractivity contribution < 1.29 is 14.3 Å². The number of aryl methyl sites for hydroxylation is 1. The summed E-state index contributed by atoms with van der Waals surface area (Å²) in [5, 5.41) is -0.0656. The third kappa shape index (κ3) is 4.41. The molecule has 0 aliphatic carbocycles. The molecule has 0 radical (unpaired) electrons. The van der Waals surface area contributed by atoms with Gasteiger partial charge in [0.2, 0.25) is 0 Å². The van der Waals surface area contributed by atoms with E-state index < -0.39 is 12.6 Å². The quantitative estimate of drug-likeness (QED) is 0.236. The van der Waals surface area contributed by atoms with E-state index in [4.69, 9.17) is 67.5 Å². The molecule has 24 heavy (non-hydrogen) atoms. The topological polar surface area (TPSA) is 35.5 Å². The van der Waals surface area contributed by atoms with Gasteiger partial charge in [-0.1, -0.05) is 77.1 Å². The minimum absolute atomic E-state index is 0.00810. The zero-order valence-electron chi connectivity index (χ0n) is 12.3. The molecule has 0 fully saturated rings. The summed E-state index contributed by atoms with van der Waals surface area (Å²) < 4.78 is 10.5. The van der Waals surface area contributed by atoms with Gasteiger partial charge in [-0.2, -0.15) is 0 Å². The lowest BCUT2D eigenvalue weighted by Crippen LogP contribution is -2.18. The first-order chi connectivity index (χ1) is 11.3. The summed E-state index contributed by atoms with van der Waals surface area (Å²) in [6, 6.07) is 7.14. The van der Waals surface area contributed by atoms with Crippen LogP contribution in [0.25, 0.3) is 0 Å². The van der Waals surface area contributed by atoms with Gasteiger partial charge >= 0.3 is 5.97 Å². The van der Waals surface area contributed by atoms with Gasteiger partial charge < -0.3 is 9.47 Å². The first-order valence-electron chi connectivity index (χ1n) is 6.79. The molecule has 0 spiro atoms. The molecule has 2 aromatic rings. The van der Waals surface area contributed by atoms with E-state index in [9.17, 15) is 4.79 Å². The van der Waals surface area contributed by atoms with Crippen LogP contribution in [0.2, 0.25) is 25.1 Å². The lowest BCUT2D eigenvalue weighted by atomic mass is 10.2. The molecule has 0 aliphatic heterocycles. The van der Waals surface area contributed by atoms with Crippen molar-refractivity contribution >= 4 is 64.0 Å². The van der Waals surface area contributed by atoms with Crippen molar-refractivity contribution in [3.05, 3.63) is 54.9 Å². The first-order valence-corrected chi connectivity index (χ1v) is 8.68. The number of rotatable bonds is 5. The van der Waals surface area contributed by atoms with Crippen molar-refractivity contribution in [1.82, 2.24) is 0 Å². The zero-order valence-corrected chi connectivity index (χ0v) is 16.1. The van der Waals surface area contributed by atoms with E-state index >= 15 is 0 Å². The van der Waals surface area contributed by atoms with Crippen LogP contribution in [0.5, 0.6) is 11.5 Å². The third-order valence-corrected chi connectivity index (χ3v) is 5.31. The van der Waals surface area contributed by atoms with E-state index in [2.05, 4.69) is 0 Å². The Balaban J connectivity index is 2.06. The number of halogens is 5. The molecule has 0 atom stereocenters. The van der Waals surface area contributed by atoms with Gasteiger partial charge in [0.1, 0.15) is 15.8 Å². The fraction of sp³-hybridized carbons (Fsp3) is 0.188. The van der Waals surface area contributed by atoms with E-state index in [1.807, 2.05) is 19.1 Å². The third-order valence-electron chi connectivity index (χ3n) is 3.07. The van der Waals surface area contributed by atoms with E-state index in [-0.39, 0.29) is 30.9 Å². The molecular formula is C16H11Cl5O3. The zero-order chi connectivity index (χ0) is 17.9. The molecule has 3 nitrogen and oxygen atoms in total. The molecule has 0 N–H and O–H groups in total. The molecule has 0 saturated heterocycles. The minimum Gasteiger partial charge on any atom is -0.479 e. The normalized spacial score (nSPS) is 10.6. The summed E-state index contributed by atoms with van der Waals surface area (Å²) in [6.07, 6.45) is 0.895. The maximum Gasteiger partial charge on any atom is 0.349 e. The number of benzene rings is 2. The standard InChI is InChI=1S/C16H11Cl5O3/c1-2-8-3-5-9(6-4-8)24-10(22)7-23-16-14(20)12(18)11(17)13(19)15(16)21/h3-6H,2,7H2,1H3. The molecule has 0 heterocycles. The highest BCUT2D eigenvalue weighted by atomic mass is 35.5. The Morgan fingerprint density at radius 1 is 0.875 bits per heavy atom. The molecule has 8 heteroatoms. The molecular weight excluding hydrogens is 417 g/mol. The predicted octanol–water partition coefficient (Wildman–Crippen LogP) is 6.50. The van der Waals surface area contributed by atoms with Gasteiger partial charge in [-0.05, 0) is 24.1 Å². The Morgan fingerprint density at radius 3 is 1.88 bits per heavy atom. The van der Waals surface area contributed by atoms with E-state index in [0.717, 1.165) is 12.0 Å². The second kappa shape index (κ2) is 8.50. The highest BCUT2D eigenvalue weighted by molar-refractivity contribution is 6.55. The summed E-state index contributed by atoms with van der Waals surface area (Å²) in [4.78, 5) is 11.9. The van der Waals surface area contributed by atoms with E-state index in [0.29, 0.717) is 5.75 Å². The predicted molar refractivity (Wildman–Crippen MR) is 98.4 cm³/mol. The first kappa shape index (κ1) is 19.5. The molecule has 128 valence electrons. The molecule has 0 amide bonds. The average Bonchev–Trinajstić information content (AvgIpc) is 2.59. The van der Waals surface area contributed by atoms with Crippen LogP contribution in [0, 0.1) is 0 Å². The summed E-state index contributed by atoms with van der Waals surface area (Å²) in [5.41, 5.74) is 1.13. The summed E-state index contributed by atoms with van der Waals surface area (Å²) in [5.74, 6) is -0.255. The SMILES string of the molecule is CCc1ccc(OC(=O)COc2c(Cl)c(Cl)c(Cl)c(Cl)c2Cl)cc1. The Hall–Kier alpha value is -0.840. The molecule has 0 bridgehead atoms. The fourth-order valence-corrected chi connectivity index (χ4v) is 3.03.